The van der Waals surface area contributed by atoms with Crippen molar-refractivity contribution in [3.63, 3.8) is 0 Å². The molecule has 6 nitrogen and oxygen atoms in total. The smallest absolute Gasteiger partial charge is 0.270 e. The van der Waals surface area contributed by atoms with Crippen molar-refractivity contribution in [3.05, 3.63) is 76.3 Å². The molecule has 3 rings (SSSR count). The Labute approximate surface area is 151 Å². The van der Waals surface area contributed by atoms with E-state index in [1.165, 1.54) is 10.6 Å². The Morgan fingerprint density at radius 3 is 2.65 bits per heavy atom. The number of hydrogen-bond donors (Lipinski definition) is 0. The molecule has 0 radical (unpaired) electrons. The van der Waals surface area contributed by atoms with Crippen molar-refractivity contribution in [3.8, 4) is 5.75 Å². The molecule has 26 heavy (non-hydrogen) atoms. The predicted molar refractivity (Wildman–Crippen MR) is 99.7 cm³/mol. The molecule has 0 spiro atoms. The maximum atomic E-state index is 12.8. The van der Waals surface area contributed by atoms with E-state index in [-0.39, 0.29) is 23.1 Å². The number of hydrogen-bond acceptors (Lipinski definition) is 4. The zero-order valence-electron chi connectivity index (χ0n) is 15.0. The number of likely N-dealkylation sites (N-methyl/N-ethyl adjacent to an activating group) is 1. The van der Waals surface area contributed by atoms with Gasteiger partial charge in [-0.25, -0.2) is 4.98 Å². The first-order valence-electron chi connectivity index (χ1n) is 8.37. The summed E-state index contributed by atoms with van der Waals surface area (Å²) in [4.78, 5) is 31.2. The van der Waals surface area contributed by atoms with E-state index in [0.29, 0.717) is 12.1 Å². The molecule has 0 fully saturated rings. The molecule has 6 heteroatoms. The van der Waals surface area contributed by atoms with Gasteiger partial charge < -0.3 is 9.64 Å². The van der Waals surface area contributed by atoms with E-state index in [1.807, 2.05) is 31.2 Å². The number of benzene rings is 1. The molecule has 1 amide bonds. The van der Waals surface area contributed by atoms with Gasteiger partial charge in [0.15, 0.2) is 0 Å². The molecule has 0 aliphatic rings. The van der Waals surface area contributed by atoms with Crippen LogP contribution in [0.25, 0.3) is 5.65 Å². The SMILES string of the molecule is COc1ccc(C[C@H](C)N(C)C(=O)c2cnc3ccccn3c2=O)cc1. The molecular weight excluding hydrogens is 330 g/mol. The standard InChI is InChI=1S/C20H21N3O3/c1-14(12-15-7-9-16(26-3)10-8-15)22(2)19(24)17-13-21-18-6-4-5-11-23(18)20(17)25/h4-11,13-14H,12H2,1-3H3/t14-/m0/s1. The highest BCUT2D eigenvalue weighted by Gasteiger charge is 2.21. The maximum absolute atomic E-state index is 12.8. The highest BCUT2D eigenvalue weighted by atomic mass is 16.5. The molecule has 3 aromatic rings. The van der Waals surface area contributed by atoms with Crippen molar-refractivity contribution >= 4 is 11.6 Å². The van der Waals surface area contributed by atoms with Gasteiger partial charge in [-0.05, 0) is 43.2 Å². The molecule has 0 aliphatic carbocycles. The second-order valence-electron chi connectivity index (χ2n) is 6.22. The van der Waals surface area contributed by atoms with Crippen LogP contribution < -0.4 is 10.3 Å². The van der Waals surface area contributed by atoms with Crippen molar-refractivity contribution in [2.75, 3.05) is 14.2 Å². The average Bonchev–Trinajstić information content (AvgIpc) is 2.68. The summed E-state index contributed by atoms with van der Waals surface area (Å²) in [6, 6.07) is 12.9. The van der Waals surface area contributed by atoms with E-state index in [1.54, 1.807) is 43.5 Å². The monoisotopic (exact) mass is 351 g/mol. The van der Waals surface area contributed by atoms with Crippen LogP contribution >= 0.6 is 0 Å². The van der Waals surface area contributed by atoms with E-state index in [4.69, 9.17) is 4.74 Å². The van der Waals surface area contributed by atoms with E-state index < -0.39 is 0 Å². The summed E-state index contributed by atoms with van der Waals surface area (Å²) in [6.45, 7) is 1.95. The molecule has 0 bridgehead atoms. The van der Waals surface area contributed by atoms with Crippen molar-refractivity contribution < 1.29 is 9.53 Å². The molecule has 0 N–H and O–H groups in total. The highest BCUT2D eigenvalue weighted by molar-refractivity contribution is 5.93. The van der Waals surface area contributed by atoms with Crippen LogP contribution in [0.2, 0.25) is 0 Å². The second kappa shape index (κ2) is 7.39. The molecule has 1 aromatic carbocycles. The van der Waals surface area contributed by atoms with Gasteiger partial charge in [-0.3, -0.25) is 14.0 Å². The molecule has 2 aromatic heterocycles. The third-order valence-electron chi connectivity index (χ3n) is 4.52. The van der Waals surface area contributed by atoms with Crippen LogP contribution in [-0.4, -0.2) is 40.4 Å². The van der Waals surface area contributed by atoms with Gasteiger partial charge in [0.1, 0.15) is 17.0 Å². The van der Waals surface area contributed by atoms with Gasteiger partial charge in [-0.1, -0.05) is 18.2 Å². The molecule has 0 saturated carbocycles. The van der Waals surface area contributed by atoms with Crippen LogP contribution in [0.15, 0.2) is 59.7 Å². The van der Waals surface area contributed by atoms with Crippen molar-refractivity contribution in [2.45, 2.75) is 19.4 Å². The minimum Gasteiger partial charge on any atom is -0.497 e. The lowest BCUT2D eigenvalue weighted by molar-refractivity contribution is 0.0741. The zero-order valence-corrected chi connectivity index (χ0v) is 15.0. The van der Waals surface area contributed by atoms with Crippen LogP contribution in [0.3, 0.4) is 0 Å². The van der Waals surface area contributed by atoms with Gasteiger partial charge in [0.05, 0.1) is 7.11 Å². The Morgan fingerprint density at radius 2 is 1.96 bits per heavy atom. The summed E-state index contributed by atoms with van der Waals surface area (Å²) >= 11 is 0. The Balaban J connectivity index is 1.80. The third-order valence-corrected chi connectivity index (χ3v) is 4.52. The molecular formula is C20H21N3O3. The first kappa shape index (κ1) is 17.7. The van der Waals surface area contributed by atoms with Crippen LogP contribution in [0, 0.1) is 0 Å². The van der Waals surface area contributed by atoms with Crippen molar-refractivity contribution in [2.24, 2.45) is 0 Å². The quantitative estimate of drug-likeness (QED) is 0.708. The number of carbonyl (C=O) groups is 1. The lowest BCUT2D eigenvalue weighted by atomic mass is 10.1. The van der Waals surface area contributed by atoms with Gasteiger partial charge in [-0.2, -0.15) is 0 Å². The minimum atomic E-state index is -0.357. The van der Waals surface area contributed by atoms with E-state index >= 15 is 0 Å². The summed E-state index contributed by atoms with van der Waals surface area (Å²) in [7, 11) is 3.33. The third kappa shape index (κ3) is 3.44. The molecule has 0 aliphatic heterocycles. The number of fused-ring (bicyclic) bond motifs is 1. The Kier molecular flexibility index (Phi) is 5.02. The van der Waals surface area contributed by atoms with Gasteiger partial charge in [0, 0.05) is 25.5 Å². The number of carbonyl (C=O) groups excluding carboxylic acids is 1. The second-order valence-corrected chi connectivity index (χ2v) is 6.22. The van der Waals surface area contributed by atoms with Crippen LogP contribution in [0.5, 0.6) is 5.75 Å². The number of ether oxygens (including phenoxy) is 1. The Morgan fingerprint density at radius 1 is 1.23 bits per heavy atom. The summed E-state index contributed by atoms with van der Waals surface area (Å²) in [5, 5.41) is 0. The number of methoxy groups -OCH3 is 1. The van der Waals surface area contributed by atoms with Gasteiger partial charge >= 0.3 is 0 Å². The fourth-order valence-corrected chi connectivity index (χ4v) is 2.80. The fourth-order valence-electron chi connectivity index (χ4n) is 2.80. The minimum absolute atomic E-state index is 0.0674. The summed E-state index contributed by atoms with van der Waals surface area (Å²) in [6.07, 6.45) is 3.65. The van der Waals surface area contributed by atoms with Gasteiger partial charge in [-0.15, -0.1) is 0 Å². The predicted octanol–water partition coefficient (Wildman–Crippen LogP) is 2.41. The van der Waals surface area contributed by atoms with E-state index in [2.05, 4.69) is 4.98 Å². The van der Waals surface area contributed by atoms with Crippen molar-refractivity contribution in [1.82, 2.24) is 14.3 Å². The van der Waals surface area contributed by atoms with Gasteiger partial charge in [0.25, 0.3) is 11.5 Å². The number of rotatable bonds is 5. The normalized spacial score (nSPS) is 12.0. The fraction of sp³-hybridized carbons (Fsp3) is 0.250. The summed E-state index contributed by atoms with van der Waals surface area (Å²) in [5.41, 5.74) is 1.32. The molecule has 0 saturated heterocycles. The topological polar surface area (TPSA) is 63.9 Å². The number of pyridine rings is 1. The largest absolute Gasteiger partial charge is 0.497 e. The van der Waals surface area contributed by atoms with Crippen molar-refractivity contribution in [1.29, 1.82) is 0 Å². The molecule has 0 unspecified atom stereocenters. The number of amides is 1. The lowest BCUT2D eigenvalue weighted by Gasteiger charge is -2.25. The number of aromatic nitrogens is 2. The van der Waals surface area contributed by atoms with E-state index in [0.717, 1.165) is 11.3 Å². The lowest BCUT2D eigenvalue weighted by Crippen LogP contribution is -2.39. The Bertz CT molecular complexity index is 980. The Hall–Kier alpha value is -3.15. The molecule has 1 atom stereocenters. The highest BCUT2D eigenvalue weighted by Crippen LogP contribution is 2.15. The first-order valence-corrected chi connectivity index (χ1v) is 8.37. The first-order chi connectivity index (χ1) is 12.5. The summed E-state index contributed by atoms with van der Waals surface area (Å²) in [5.74, 6) is 0.461. The summed E-state index contributed by atoms with van der Waals surface area (Å²) < 4.78 is 6.54. The maximum Gasteiger partial charge on any atom is 0.270 e. The molecule has 134 valence electrons. The van der Waals surface area contributed by atoms with Crippen LogP contribution in [0.4, 0.5) is 0 Å². The van der Waals surface area contributed by atoms with Gasteiger partial charge in [0.2, 0.25) is 0 Å². The number of nitrogens with zero attached hydrogens (tertiary/aromatic N) is 3. The van der Waals surface area contributed by atoms with Crippen LogP contribution in [0.1, 0.15) is 22.8 Å². The zero-order chi connectivity index (χ0) is 18.7. The van der Waals surface area contributed by atoms with E-state index in [9.17, 15) is 9.59 Å². The van der Waals surface area contributed by atoms with Crippen LogP contribution in [-0.2, 0) is 6.42 Å². The molecule has 2 heterocycles. The average molecular weight is 351 g/mol.